The summed E-state index contributed by atoms with van der Waals surface area (Å²) in [6.45, 7) is 2.53. The first-order chi connectivity index (χ1) is 5.29. The molecule has 0 aromatic heterocycles. The van der Waals surface area contributed by atoms with Crippen LogP contribution in [0.5, 0.6) is 0 Å². The molecular weight excluding hydrogens is 138 g/mol. The summed E-state index contributed by atoms with van der Waals surface area (Å²) in [5, 5.41) is 12.3. The molecule has 0 saturated carbocycles. The maximum atomic E-state index is 9.00. The van der Waals surface area contributed by atoms with Gasteiger partial charge >= 0.3 is 0 Å². The van der Waals surface area contributed by atoms with Crippen molar-refractivity contribution < 1.29 is 5.11 Å². The Bertz CT molecular complexity index is 132. The molecule has 1 aliphatic rings. The second-order valence-electron chi connectivity index (χ2n) is 3.24. The minimum atomic E-state index is -0.221. The van der Waals surface area contributed by atoms with Crippen LogP contribution in [0.4, 0.5) is 0 Å². The minimum Gasteiger partial charge on any atom is -0.392 e. The molecule has 0 aromatic rings. The average molecular weight is 155 g/mol. The van der Waals surface area contributed by atoms with Crippen molar-refractivity contribution in [1.82, 2.24) is 5.32 Å². The summed E-state index contributed by atoms with van der Waals surface area (Å²) in [7, 11) is 0. The predicted octanol–water partition coefficient (Wildman–Crippen LogP) is 1.07. The third-order valence-corrected chi connectivity index (χ3v) is 1.97. The SMILES string of the molecule is C[C@H](O)CNC1CC=CCC1. The quantitative estimate of drug-likeness (QED) is 0.597. The number of rotatable bonds is 3. The maximum absolute atomic E-state index is 9.00. The van der Waals surface area contributed by atoms with Crippen LogP contribution in [0.3, 0.4) is 0 Å². The summed E-state index contributed by atoms with van der Waals surface area (Å²) >= 11 is 0. The Labute approximate surface area is 68.3 Å². The van der Waals surface area contributed by atoms with Crippen molar-refractivity contribution in [2.75, 3.05) is 6.54 Å². The predicted molar refractivity (Wildman–Crippen MR) is 46.5 cm³/mol. The number of aliphatic hydroxyl groups excluding tert-OH is 1. The van der Waals surface area contributed by atoms with Gasteiger partial charge in [0.05, 0.1) is 6.10 Å². The standard InChI is InChI=1S/C9H17NO/c1-8(11)7-10-9-5-3-2-4-6-9/h2-3,8-11H,4-7H2,1H3/t8-,9?/m0/s1. The lowest BCUT2D eigenvalue weighted by Crippen LogP contribution is -2.34. The second kappa shape index (κ2) is 4.52. The van der Waals surface area contributed by atoms with Crippen LogP contribution >= 0.6 is 0 Å². The van der Waals surface area contributed by atoms with Gasteiger partial charge in [0, 0.05) is 12.6 Å². The highest BCUT2D eigenvalue weighted by Crippen LogP contribution is 2.09. The van der Waals surface area contributed by atoms with Crippen molar-refractivity contribution in [2.45, 2.75) is 38.3 Å². The van der Waals surface area contributed by atoms with E-state index in [9.17, 15) is 0 Å². The molecule has 0 spiro atoms. The Balaban J connectivity index is 2.11. The average Bonchev–Trinajstić information content (AvgIpc) is 2.03. The van der Waals surface area contributed by atoms with E-state index < -0.39 is 0 Å². The van der Waals surface area contributed by atoms with Gasteiger partial charge in [-0.05, 0) is 26.2 Å². The fourth-order valence-electron chi connectivity index (χ4n) is 1.32. The van der Waals surface area contributed by atoms with Crippen LogP contribution in [-0.4, -0.2) is 23.8 Å². The Morgan fingerprint density at radius 2 is 2.45 bits per heavy atom. The van der Waals surface area contributed by atoms with Crippen LogP contribution in [0.25, 0.3) is 0 Å². The van der Waals surface area contributed by atoms with Crippen molar-refractivity contribution in [3.8, 4) is 0 Å². The molecule has 0 radical (unpaired) electrons. The van der Waals surface area contributed by atoms with Gasteiger partial charge in [-0.15, -0.1) is 0 Å². The molecule has 0 amide bonds. The van der Waals surface area contributed by atoms with Crippen molar-refractivity contribution in [3.05, 3.63) is 12.2 Å². The number of nitrogens with one attached hydrogen (secondary N) is 1. The highest BCUT2D eigenvalue weighted by Gasteiger charge is 2.08. The first-order valence-corrected chi connectivity index (χ1v) is 4.35. The van der Waals surface area contributed by atoms with E-state index in [0.717, 1.165) is 13.0 Å². The van der Waals surface area contributed by atoms with Gasteiger partial charge in [-0.2, -0.15) is 0 Å². The lowest BCUT2D eigenvalue weighted by Gasteiger charge is -2.19. The molecule has 2 atom stereocenters. The van der Waals surface area contributed by atoms with Crippen LogP contribution in [0, 0.1) is 0 Å². The highest BCUT2D eigenvalue weighted by atomic mass is 16.3. The van der Waals surface area contributed by atoms with E-state index in [-0.39, 0.29) is 6.10 Å². The van der Waals surface area contributed by atoms with E-state index in [1.807, 2.05) is 6.92 Å². The summed E-state index contributed by atoms with van der Waals surface area (Å²) in [5.74, 6) is 0. The molecule has 2 nitrogen and oxygen atoms in total. The zero-order valence-electron chi connectivity index (χ0n) is 7.09. The van der Waals surface area contributed by atoms with Gasteiger partial charge in [0.25, 0.3) is 0 Å². The Morgan fingerprint density at radius 3 is 3.00 bits per heavy atom. The van der Waals surface area contributed by atoms with Crippen LogP contribution < -0.4 is 5.32 Å². The Morgan fingerprint density at radius 1 is 1.64 bits per heavy atom. The van der Waals surface area contributed by atoms with Gasteiger partial charge in [-0.3, -0.25) is 0 Å². The number of hydrogen-bond donors (Lipinski definition) is 2. The summed E-state index contributed by atoms with van der Waals surface area (Å²) in [4.78, 5) is 0. The molecule has 1 rings (SSSR count). The summed E-state index contributed by atoms with van der Waals surface area (Å²) in [5.41, 5.74) is 0. The molecule has 1 aliphatic carbocycles. The van der Waals surface area contributed by atoms with E-state index >= 15 is 0 Å². The lowest BCUT2D eigenvalue weighted by molar-refractivity contribution is 0.185. The molecular formula is C9H17NO. The van der Waals surface area contributed by atoms with Crippen LogP contribution in [0.2, 0.25) is 0 Å². The first-order valence-electron chi connectivity index (χ1n) is 4.35. The minimum absolute atomic E-state index is 0.221. The molecule has 0 bridgehead atoms. The zero-order valence-corrected chi connectivity index (χ0v) is 7.09. The molecule has 0 fully saturated rings. The molecule has 0 heterocycles. The van der Waals surface area contributed by atoms with E-state index in [0.29, 0.717) is 6.04 Å². The molecule has 2 N–H and O–H groups in total. The monoisotopic (exact) mass is 155 g/mol. The number of allylic oxidation sites excluding steroid dienone is 1. The lowest BCUT2D eigenvalue weighted by atomic mass is 10.0. The van der Waals surface area contributed by atoms with Crippen LogP contribution in [0.1, 0.15) is 26.2 Å². The van der Waals surface area contributed by atoms with Gasteiger partial charge in [0.1, 0.15) is 0 Å². The summed E-state index contributed by atoms with van der Waals surface area (Å²) in [6, 6.07) is 0.592. The van der Waals surface area contributed by atoms with E-state index in [2.05, 4.69) is 17.5 Å². The summed E-state index contributed by atoms with van der Waals surface area (Å²) in [6.07, 6.45) is 7.72. The summed E-state index contributed by atoms with van der Waals surface area (Å²) < 4.78 is 0. The van der Waals surface area contributed by atoms with Gasteiger partial charge in [0.15, 0.2) is 0 Å². The number of aliphatic hydroxyl groups is 1. The molecule has 64 valence electrons. The smallest absolute Gasteiger partial charge is 0.0636 e. The van der Waals surface area contributed by atoms with Crippen molar-refractivity contribution >= 4 is 0 Å². The van der Waals surface area contributed by atoms with E-state index in [1.165, 1.54) is 12.8 Å². The Hall–Kier alpha value is -0.340. The fourth-order valence-corrected chi connectivity index (χ4v) is 1.32. The maximum Gasteiger partial charge on any atom is 0.0636 e. The second-order valence-corrected chi connectivity index (χ2v) is 3.24. The first kappa shape index (κ1) is 8.75. The van der Waals surface area contributed by atoms with Crippen molar-refractivity contribution in [1.29, 1.82) is 0 Å². The van der Waals surface area contributed by atoms with Gasteiger partial charge in [-0.25, -0.2) is 0 Å². The largest absolute Gasteiger partial charge is 0.392 e. The molecule has 0 aromatic carbocycles. The van der Waals surface area contributed by atoms with Crippen molar-refractivity contribution in [3.63, 3.8) is 0 Å². The molecule has 0 saturated heterocycles. The fraction of sp³-hybridized carbons (Fsp3) is 0.778. The molecule has 0 aliphatic heterocycles. The molecule has 2 heteroatoms. The van der Waals surface area contributed by atoms with Crippen LogP contribution in [0.15, 0.2) is 12.2 Å². The van der Waals surface area contributed by atoms with Crippen LogP contribution in [-0.2, 0) is 0 Å². The third kappa shape index (κ3) is 3.54. The normalized spacial score (nSPS) is 26.9. The van der Waals surface area contributed by atoms with E-state index in [4.69, 9.17) is 5.11 Å². The zero-order chi connectivity index (χ0) is 8.10. The van der Waals surface area contributed by atoms with Gasteiger partial charge in [-0.1, -0.05) is 12.2 Å². The van der Waals surface area contributed by atoms with Gasteiger partial charge in [0.2, 0.25) is 0 Å². The van der Waals surface area contributed by atoms with Gasteiger partial charge < -0.3 is 10.4 Å². The highest BCUT2D eigenvalue weighted by molar-refractivity contribution is 4.92. The molecule has 1 unspecified atom stereocenters. The van der Waals surface area contributed by atoms with Crippen molar-refractivity contribution in [2.24, 2.45) is 0 Å². The van der Waals surface area contributed by atoms with E-state index in [1.54, 1.807) is 0 Å². The Kier molecular flexibility index (Phi) is 3.60. The third-order valence-electron chi connectivity index (χ3n) is 1.97. The topological polar surface area (TPSA) is 32.3 Å². The number of hydrogen-bond acceptors (Lipinski definition) is 2. The molecule has 11 heavy (non-hydrogen) atoms.